The fourth-order valence-electron chi connectivity index (χ4n) is 1.87. The Morgan fingerprint density at radius 1 is 1.32 bits per heavy atom. The zero-order valence-corrected chi connectivity index (χ0v) is 11.0. The summed E-state index contributed by atoms with van der Waals surface area (Å²) < 4.78 is 5.43. The van der Waals surface area contributed by atoms with Crippen molar-refractivity contribution in [3.8, 4) is 17.0 Å². The molecule has 0 bridgehead atoms. The Balaban J connectivity index is 2.34. The molecule has 0 atom stereocenters. The van der Waals surface area contributed by atoms with Crippen molar-refractivity contribution in [3.63, 3.8) is 0 Å². The van der Waals surface area contributed by atoms with E-state index in [4.69, 9.17) is 10.5 Å². The number of hydrogen-bond donors (Lipinski definition) is 2. The van der Waals surface area contributed by atoms with Crippen LogP contribution in [0.25, 0.3) is 23.9 Å². The Morgan fingerprint density at radius 2 is 2.05 bits per heavy atom. The predicted octanol–water partition coefficient (Wildman–Crippen LogP) is 1.74. The number of allylic oxidation sites excluding steroid dienone is 1. The van der Waals surface area contributed by atoms with E-state index in [9.17, 15) is 0 Å². The first-order valence-electron chi connectivity index (χ1n) is 6.24. The van der Waals surface area contributed by atoms with Crippen molar-refractivity contribution in [2.75, 3.05) is 6.61 Å². The Bertz CT molecular complexity index is 666. The van der Waals surface area contributed by atoms with E-state index in [1.807, 2.05) is 37.3 Å². The van der Waals surface area contributed by atoms with Gasteiger partial charge in [-0.05, 0) is 60.3 Å². The Morgan fingerprint density at radius 3 is 2.68 bits per heavy atom. The third-order valence-corrected chi connectivity index (χ3v) is 2.80. The number of H-pyrrole nitrogens is 1. The highest BCUT2D eigenvalue weighted by Gasteiger charge is 2.00. The van der Waals surface area contributed by atoms with Crippen molar-refractivity contribution in [3.05, 3.63) is 53.2 Å². The first-order chi connectivity index (χ1) is 9.24. The molecule has 0 unspecified atom stereocenters. The predicted molar refractivity (Wildman–Crippen MR) is 80.0 cm³/mol. The summed E-state index contributed by atoms with van der Waals surface area (Å²) in [7, 11) is 0. The summed E-state index contributed by atoms with van der Waals surface area (Å²) in [4.78, 5) is 3.26. The third kappa shape index (κ3) is 3.07. The molecule has 98 valence electrons. The van der Waals surface area contributed by atoms with Crippen LogP contribution in [0, 0.1) is 0 Å². The number of nitrogens with two attached hydrogens (primary N) is 1. The van der Waals surface area contributed by atoms with Crippen LogP contribution in [-0.4, -0.2) is 11.6 Å². The first kappa shape index (κ1) is 13.0. The minimum absolute atomic E-state index is 0.676. The van der Waals surface area contributed by atoms with Gasteiger partial charge < -0.3 is 15.5 Å². The van der Waals surface area contributed by atoms with Gasteiger partial charge in [0.25, 0.3) is 0 Å². The van der Waals surface area contributed by atoms with Crippen LogP contribution in [0.5, 0.6) is 5.75 Å². The van der Waals surface area contributed by atoms with Crippen LogP contribution in [0.3, 0.4) is 0 Å². The highest BCUT2D eigenvalue weighted by molar-refractivity contribution is 5.61. The molecule has 0 spiro atoms. The van der Waals surface area contributed by atoms with Gasteiger partial charge in [0, 0.05) is 11.0 Å². The summed E-state index contributed by atoms with van der Waals surface area (Å²) >= 11 is 0. The average Bonchev–Trinajstić information content (AvgIpc) is 2.79. The topological polar surface area (TPSA) is 51.0 Å². The van der Waals surface area contributed by atoms with E-state index >= 15 is 0 Å². The first-order valence-corrected chi connectivity index (χ1v) is 6.24. The normalized spacial score (nSPS) is 12.2. The molecule has 0 amide bonds. The largest absolute Gasteiger partial charge is 0.494 e. The van der Waals surface area contributed by atoms with Crippen molar-refractivity contribution in [1.82, 2.24) is 4.98 Å². The lowest BCUT2D eigenvalue weighted by atomic mass is 10.1. The van der Waals surface area contributed by atoms with Gasteiger partial charge in [0.15, 0.2) is 0 Å². The smallest absolute Gasteiger partial charge is 0.119 e. The second-order valence-electron chi connectivity index (χ2n) is 4.13. The molecular weight excluding hydrogens is 236 g/mol. The van der Waals surface area contributed by atoms with E-state index in [1.54, 1.807) is 6.08 Å². The van der Waals surface area contributed by atoms with Gasteiger partial charge in [-0.3, -0.25) is 0 Å². The van der Waals surface area contributed by atoms with Crippen molar-refractivity contribution < 1.29 is 4.74 Å². The molecule has 3 nitrogen and oxygen atoms in total. The second-order valence-corrected chi connectivity index (χ2v) is 4.13. The highest BCUT2D eigenvalue weighted by Crippen LogP contribution is 2.19. The summed E-state index contributed by atoms with van der Waals surface area (Å²) in [6.07, 6.45) is 5.22. The number of benzene rings is 1. The summed E-state index contributed by atoms with van der Waals surface area (Å²) in [5.41, 5.74) is 7.47. The Kier molecular flexibility index (Phi) is 4.08. The maximum Gasteiger partial charge on any atom is 0.119 e. The van der Waals surface area contributed by atoms with Gasteiger partial charge in [-0.15, -0.1) is 0 Å². The SMILES string of the molecule is C=c1[nH]c(-c2ccc(OCC)cc2)c/c1=C/C=C\N. The van der Waals surface area contributed by atoms with E-state index < -0.39 is 0 Å². The minimum Gasteiger partial charge on any atom is -0.494 e. The van der Waals surface area contributed by atoms with Crippen LogP contribution < -0.4 is 21.0 Å². The molecule has 0 aliphatic carbocycles. The molecule has 0 aliphatic rings. The lowest BCUT2D eigenvalue weighted by Gasteiger charge is -2.03. The molecule has 1 aromatic heterocycles. The molecule has 0 saturated heterocycles. The average molecular weight is 254 g/mol. The molecule has 1 aromatic carbocycles. The van der Waals surface area contributed by atoms with Crippen LogP contribution >= 0.6 is 0 Å². The molecule has 0 saturated carbocycles. The van der Waals surface area contributed by atoms with Gasteiger partial charge in [-0.25, -0.2) is 0 Å². The summed E-state index contributed by atoms with van der Waals surface area (Å²) in [6.45, 7) is 6.63. The van der Waals surface area contributed by atoms with Gasteiger partial charge in [0.2, 0.25) is 0 Å². The molecule has 0 fully saturated rings. The lowest BCUT2D eigenvalue weighted by molar-refractivity contribution is 0.340. The molecule has 3 heteroatoms. The summed E-state index contributed by atoms with van der Waals surface area (Å²) in [5.74, 6) is 0.880. The number of aromatic nitrogens is 1. The molecule has 2 rings (SSSR count). The van der Waals surface area contributed by atoms with E-state index in [1.165, 1.54) is 6.20 Å². The van der Waals surface area contributed by atoms with Crippen LogP contribution in [0.2, 0.25) is 0 Å². The van der Waals surface area contributed by atoms with Gasteiger partial charge in [-0.2, -0.15) is 0 Å². The molecular formula is C16H18N2O. The lowest BCUT2D eigenvalue weighted by Crippen LogP contribution is -2.19. The molecule has 3 N–H and O–H groups in total. The van der Waals surface area contributed by atoms with Gasteiger partial charge >= 0.3 is 0 Å². The van der Waals surface area contributed by atoms with Gasteiger partial charge in [0.1, 0.15) is 5.75 Å². The van der Waals surface area contributed by atoms with Crippen molar-refractivity contribution in [2.45, 2.75) is 6.92 Å². The van der Waals surface area contributed by atoms with Gasteiger partial charge in [-0.1, -0.05) is 12.7 Å². The zero-order chi connectivity index (χ0) is 13.7. The molecule has 19 heavy (non-hydrogen) atoms. The maximum atomic E-state index is 5.43. The molecule has 2 aromatic rings. The summed E-state index contributed by atoms with van der Waals surface area (Å²) in [6, 6.07) is 10.0. The molecule has 1 heterocycles. The number of ether oxygens (including phenoxy) is 1. The number of aromatic amines is 1. The van der Waals surface area contributed by atoms with Crippen molar-refractivity contribution in [2.24, 2.45) is 5.73 Å². The summed E-state index contributed by atoms with van der Waals surface area (Å²) in [5, 5.41) is 1.91. The third-order valence-electron chi connectivity index (χ3n) is 2.80. The molecule has 0 aliphatic heterocycles. The molecule has 0 radical (unpaired) electrons. The standard InChI is InChI=1S/C16H18N2O/c1-3-19-15-8-6-13(7-9-15)16-11-14(5-4-10-17)12(2)18-16/h4-11,18H,2-3,17H2,1H3/b10-4-,14-5-. The second kappa shape index (κ2) is 5.96. The minimum atomic E-state index is 0.676. The highest BCUT2D eigenvalue weighted by atomic mass is 16.5. The Labute approximate surface area is 112 Å². The van der Waals surface area contributed by atoms with Crippen LogP contribution in [-0.2, 0) is 0 Å². The van der Waals surface area contributed by atoms with E-state index in [2.05, 4.69) is 17.6 Å². The zero-order valence-electron chi connectivity index (χ0n) is 11.0. The van der Waals surface area contributed by atoms with E-state index in [0.29, 0.717) is 6.61 Å². The fourth-order valence-corrected chi connectivity index (χ4v) is 1.87. The fraction of sp³-hybridized carbons (Fsp3) is 0.125. The number of nitrogens with one attached hydrogen (secondary N) is 1. The number of rotatable bonds is 4. The van der Waals surface area contributed by atoms with E-state index in [0.717, 1.165) is 27.6 Å². The Hall–Kier alpha value is -2.42. The number of hydrogen-bond acceptors (Lipinski definition) is 2. The monoisotopic (exact) mass is 254 g/mol. The van der Waals surface area contributed by atoms with Crippen LogP contribution in [0.4, 0.5) is 0 Å². The van der Waals surface area contributed by atoms with Crippen LogP contribution in [0.15, 0.2) is 42.6 Å². The van der Waals surface area contributed by atoms with Crippen molar-refractivity contribution >= 4 is 12.7 Å². The quantitative estimate of drug-likeness (QED) is 0.873. The van der Waals surface area contributed by atoms with Crippen molar-refractivity contribution in [1.29, 1.82) is 0 Å². The van der Waals surface area contributed by atoms with Gasteiger partial charge in [0.05, 0.1) is 6.61 Å². The van der Waals surface area contributed by atoms with Crippen LogP contribution in [0.1, 0.15) is 6.92 Å². The van der Waals surface area contributed by atoms with E-state index in [-0.39, 0.29) is 0 Å². The maximum absolute atomic E-state index is 5.43.